The van der Waals surface area contributed by atoms with Crippen LogP contribution in [0.1, 0.15) is 18.4 Å². The Balaban J connectivity index is 1.82. The van der Waals surface area contributed by atoms with Gasteiger partial charge in [-0.25, -0.2) is 4.79 Å². The monoisotopic (exact) mass is 346 g/mol. The van der Waals surface area contributed by atoms with E-state index in [1.165, 1.54) is 0 Å². The lowest BCUT2D eigenvalue weighted by Gasteiger charge is -2.32. The molecule has 22 heavy (non-hydrogen) atoms. The van der Waals surface area contributed by atoms with Crippen molar-refractivity contribution in [2.24, 2.45) is 0 Å². The zero-order valence-corrected chi connectivity index (χ0v) is 13.7. The molecule has 0 saturated carbocycles. The summed E-state index contributed by atoms with van der Waals surface area (Å²) in [7, 11) is 0. The second-order valence-electron chi connectivity index (χ2n) is 5.21. The molecule has 1 saturated heterocycles. The highest BCUT2D eigenvalue weighted by molar-refractivity contribution is 6.42. The molecule has 1 aromatic carbocycles. The van der Waals surface area contributed by atoms with E-state index < -0.39 is 0 Å². The lowest BCUT2D eigenvalue weighted by molar-refractivity contribution is -0.00580. The van der Waals surface area contributed by atoms with Gasteiger partial charge in [-0.15, -0.1) is 0 Å². The topological polar surface area (TPSA) is 61.8 Å². The number of hydrogen-bond donors (Lipinski definition) is 2. The van der Waals surface area contributed by atoms with Gasteiger partial charge in [-0.2, -0.15) is 0 Å². The van der Waals surface area contributed by atoms with Crippen molar-refractivity contribution >= 4 is 29.2 Å². The van der Waals surface area contributed by atoms with Gasteiger partial charge in [0.15, 0.2) is 0 Å². The molecule has 1 fully saturated rings. The minimum absolute atomic E-state index is 0.0000224. The van der Waals surface area contributed by atoms with Gasteiger partial charge in [0.25, 0.3) is 0 Å². The Hall–Kier alpha value is -1.01. The summed E-state index contributed by atoms with van der Waals surface area (Å²) in [6.45, 7) is 1.97. The Kier molecular flexibility index (Phi) is 6.76. The second-order valence-corrected chi connectivity index (χ2v) is 6.03. The number of urea groups is 1. The van der Waals surface area contributed by atoms with Gasteiger partial charge < -0.3 is 20.1 Å². The van der Waals surface area contributed by atoms with Crippen molar-refractivity contribution in [3.63, 3.8) is 0 Å². The van der Waals surface area contributed by atoms with Gasteiger partial charge in [-0.3, -0.25) is 0 Å². The van der Waals surface area contributed by atoms with Crippen LogP contribution >= 0.6 is 23.2 Å². The van der Waals surface area contributed by atoms with Crippen LogP contribution in [0.5, 0.6) is 0 Å². The van der Waals surface area contributed by atoms with E-state index in [2.05, 4.69) is 5.32 Å². The Morgan fingerprint density at radius 2 is 2.23 bits per heavy atom. The summed E-state index contributed by atoms with van der Waals surface area (Å²) in [4.78, 5) is 13.9. The number of benzene rings is 1. The molecule has 2 rings (SSSR count). The van der Waals surface area contributed by atoms with Crippen LogP contribution in [0.4, 0.5) is 4.79 Å². The predicted octanol–water partition coefficient (Wildman–Crippen LogP) is 2.68. The van der Waals surface area contributed by atoms with Crippen LogP contribution in [0, 0.1) is 0 Å². The molecule has 0 aliphatic carbocycles. The van der Waals surface area contributed by atoms with E-state index >= 15 is 0 Å². The Morgan fingerprint density at radius 1 is 1.41 bits per heavy atom. The molecule has 0 aromatic heterocycles. The van der Waals surface area contributed by atoms with Gasteiger partial charge in [0.1, 0.15) is 0 Å². The molecular formula is C15H20Cl2N2O3. The van der Waals surface area contributed by atoms with Gasteiger partial charge >= 0.3 is 6.03 Å². The largest absolute Gasteiger partial charge is 0.394 e. The zero-order chi connectivity index (χ0) is 15.9. The van der Waals surface area contributed by atoms with Gasteiger partial charge in [0, 0.05) is 19.6 Å². The molecule has 1 aliphatic heterocycles. The maximum atomic E-state index is 12.2. The third-order valence-corrected chi connectivity index (χ3v) is 4.28. The summed E-state index contributed by atoms with van der Waals surface area (Å²) in [5.41, 5.74) is 0.896. The smallest absolute Gasteiger partial charge is 0.317 e. The fourth-order valence-electron chi connectivity index (χ4n) is 2.42. The maximum Gasteiger partial charge on any atom is 0.317 e. The number of nitrogens with one attached hydrogen (secondary N) is 1. The zero-order valence-electron chi connectivity index (χ0n) is 12.2. The molecule has 0 bridgehead atoms. The van der Waals surface area contributed by atoms with Crippen LogP contribution < -0.4 is 5.32 Å². The number of likely N-dealkylation sites (tertiary alicyclic amines) is 1. The summed E-state index contributed by atoms with van der Waals surface area (Å²) in [6, 6.07) is 5.17. The number of nitrogens with zero attached hydrogens (tertiary/aromatic N) is 1. The minimum atomic E-state index is -0.122. The van der Waals surface area contributed by atoms with Crippen molar-refractivity contribution in [2.75, 3.05) is 26.3 Å². The number of ether oxygens (including phenoxy) is 1. The number of amides is 2. The van der Waals surface area contributed by atoms with Crippen molar-refractivity contribution in [1.82, 2.24) is 10.2 Å². The molecule has 1 atom stereocenters. The molecular weight excluding hydrogens is 327 g/mol. The SMILES string of the molecule is O=C(NCc1ccc(Cl)c(Cl)c1)N1CCCC(OCCO)C1. The molecule has 7 heteroatoms. The molecule has 1 unspecified atom stereocenters. The molecule has 1 heterocycles. The number of hydrogen-bond acceptors (Lipinski definition) is 3. The van der Waals surface area contributed by atoms with Gasteiger partial charge in [0.2, 0.25) is 0 Å². The molecule has 122 valence electrons. The fourth-order valence-corrected chi connectivity index (χ4v) is 2.74. The first-order valence-corrected chi connectivity index (χ1v) is 8.05. The first-order valence-electron chi connectivity index (χ1n) is 7.29. The van der Waals surface area contributed by atoms with E-state index in [0.29, 0.717) is 36.3 Å². The predicted molar refractivity (Wildman–Crippen MR) is 86.3 cm³/mol. The average molecular weight is 347 g/mol. The first-order chi connectivity index (χ1) is 10.6. The maximum absolute atomic E-state index is 12.2. The fraction of sp³-hybridized carbons (Fsp3) is 0.533. The van der Waals surface area contributed by atoms with E-state index in [-0.39, 0.29) is 18.7 Å². The Bertz CT molecular complexity index is 514. The molecule has 0 radical (unpaired) electrons. The van der Waals surface area contributed by atoms with Gasteiger partial charge in [-0.1, -0.05) is 29.3 Å². The highest BCUT2D eigenvalue weighted by Gasteiger charge is 2.23. The number of aliphatic hydroxyl groups is 1. The van der Waals surface area contributed by atoms with Gasteiger partial charge in [-0.05, 0) is 30.5 Å². The number of rotatable bonds is 5. The van der Waals surface area contributed by atoms with Gasteiger partial charge in [0.05, 0.1) is 29.4 Å². The number of aliphatic hydroxyl groups excluding tert-OH is 1. The molecule has 2 amide bonds. The minimum Gasteiger partial charge on any atom is -0.394 e. The van der Waals surface area contributed by atoms with Crippen molar-refractivity contribution in [2.45, 2.75) is 25.5 Å². The summed E-state index contributed by atoms with van der Waals surface area (Å²) >= 11 is 11.8. The number of carbonyl (C=O) groups excluding carboxylic acids is 1. The Labute approximate surface area is 140 Å². The number of halogens is 2. The van der Waals surface area contributed by atoms with E-state index in [9.17, 15) is 4.79 Å². The number of piperidine rings is 1. The highest BCUT2D eigenvalue weighted by atomic mass is 35.5. The van der Waals surface area contributed by atoms with Crippen LogP contribution in [0.2, 0.25) is 10.0 Å². The summed E-state index contributed by atoms with van der Waals surface area (Å²) in [5.74, 6) is 0. The lowest BCUT2D eigenvalue weighted by Crippen LogP contribution is -2.47. The third-order valence-electron chi connectivity index (χ3n) is 3.54. The van der Waals surface area contributed by atoms with E-state index in [4.69, 9.17) is 33.0 Å². The lowest BCUT2D eigenvalue weighted by atomic mass is 10.1. The summed E-state index contributed by atoms with van der Waals surface area (Å²) in [6.07, 6.45) is 1.81. The third kappa shape index (κ3) is 5.02. The van der Waals surface area contributed by atoms with Crippen LogP contribution in [0.3, 0.4) is 0 Å². The van der Waals surface area contributed by atoms with E-state index in [0.717, 1.165) is 18.4 Å². The van der Waals surface area contributed by atoms with E-state index in [1.807, 2.05) is 6.07 Å². The van der Waals surface area contributed by atoms with Crippen LogP contribution in [-0.2, 0) is 11.3 Å². The molecule has 2 N–H and O–H groups in total. The summed E-state index contributed by atoms with van der Waals surface area (Å²) < 4.78 is 5.50. The summed E-state index contributed by atoms with van der Waals surface area (Å²) in [5, 5.41) is 12.6. The average Bonchev–Trinajstić information content (AvgIpc) is 2.54. The number of carbonyl (C=O) groups is 1. The first kappa shape index (κ1) is 17.3. The van der Waals surface area contributed by atoms with Crippen molar-refractivity contribution in [3.05, 3.63) is 33.8 Å². The van der Waals surface area contributed by atoms with Crippen LogP contribution in [0.15, 0.2) is 18.2 Å². The standard InChI is InChI=1S/C15H20Cl2N2O3/c16-13-4-3-11(8-14(13)17)9-18-15(21)19-5-1-2-12(10-19)22-7-6-20/h3-4,8,12,20H,1-2,5-7,9-10H2,(H,18,21). The van der Waals surface area contributed by atoms with Crippen LogP contribution in [0.25, 0.3) is 0 Å². The van der Waals surface area contributed by atoms with Crippen LogP contribution in [-0.4, -0.2) is 48.4 Å². The molecule has 5 nitrogen and oxygen atoms in total. The molecule has 1 aromatic rings. The normalized spacial score (nSPS) is 18.3. The van der Waals surface area contributed by atoms with Crippen molar-refractivity contribution in [1.29, 1.82) is 0 Å². The van der Waals surface area contributed by atoms with E-state index in [1.54, 1.807) is 17.0 Å². The molecule has 0 spiro atoms. The van der Waals surface area contributed by atoms with Crippen molar-refractivity contribution < 1.29 is 14.6 Å². The second kappa shape index (κ2) is 8.58. The molecule has 1 aliphatic rings. The highest BCUT2D eigenvalue weighted by Crippen LogP contribution is 2.22. The van der Waals surface area contributed by atoms with Crippen molar-refractivity contribution in [3.8, 4) is 0 Å². The Morgan fingerprint density at radius 3 is 2.95 bits per heavy atom. The quantitative estimate of drug-likeness (QED) is 0.861.